The van der Waals surface area contributed by atoms with E-state index in [9.17, 15) is 5.11 Å². The van der Waals surface area contributed by atoms with Crippen molar-refractivity contribution in [3.05, 3.63) is 17.5 Å². The van der Waals surface area contributed by atoms with Crippen molar-refractivity contribution in [2.75, 3.05) is 0 Å². The molecule has 0 saturated carbocycles. The Balaban J connectivity index is 3.00. The standard InChI is InChI=1S/C8H14N2O/c1-4-10-6(2)8(5-9-10)7(3)11/h5,7,11H,4H2,1-3H3/t7-/m1/s1. The van der Waals surface area contributed by atoms with Gasteiger partial charge < -0.3 is 5.11 Å². The first-order valence-corrected chi connectivity index (χ1v) is 3.87. The van der Waals surface area contributed by atoms with Crippen LogP contribution in [-0.2, 0) is 6.54 Å². The molecule has 0 saturated heterocycles. The summed E-state index contributed by atoms with van der Waals surface area (Å²) in [6.07, 6.45) is 1.32. The van der Waals surface area contributed by atoms with E-state index in [4.69, 9.17) is 0 Å². The lowest BCUT2D eigenvalue weighted by atomic mass is 10.2. The average molecular weight is 154 g/mol. The maximum absolute atomic E-state index is 9.26. The molecule has 0 aromatic carbocycles. The Morgan fingerprint density at radius 3 is 2.64 bits per heavy atom. The van der Waals surface area contributed by atoms with Crippen molar-refractivity contribution in [2.45, 2.75) is 33.4 Å². The zero-order valence-electron chi connectivity index (χ0n) is 7.20. The molecular formula is C8H14N2O. The molecule has 0 bridgehead atoms. The molecule has 1 aromatic heterocycles. The van der Waals surface area contributed by atoms with E-state index in [0.717, 1.165) is 17.8 Å². The second-order valence-electron chi connectivity index (χ2n) is 2.68. The van der Waals surface area contributed by atoms with Gasteiger partial charge in [-0.2, -0.15) is 5.10 Å². The van der Waals surface area contributed by atoms with Crippen LogP contribution >= 0.6 is 0 Å². The van der Waals surface area contributed by atoms with Gasteiger partial charge in [-0.15, -0.1) is 0 Å². The van der Waals surface area contributed by atoms with E-state index in [2.05, 4.69) is 5.10 Å². The lowest BCUT2D eigenvalue weighted by Gasteiger charge is -2.03. The van der Waals surface area contributed by atoms with Gasteiger partial charge in [-0.3, -0.25) is 4.68 Å². The van der Waals surface area contributed by atoms with E-state index in [-0.39, 0.29) is 0 Å². The molecule has 62 valence electrons. The number of hydrogen-bond donors (Lipinski definition) is 1. The number of hydrogen-bond acceptors (Lipinski definition) is 2. The quantitative estimate of drug-likeness (QED) is 0.696. The van der Waals surface area contributed by atoms with Crippen LogP contribution < -0.4 is 0 Å². The largest absolute Gasteiger partial charge is 0.389 e. The molecule has 3 heteroatoms. The maximum Gasteiger partial charge on any atom is 0.0795 e. The van der Waals surface area contributed by atoms with E-state index >= 15 is 0 Å². The van der Waals surface area contributed by atoms with Gasteiger partial charge in [-0.1, -0.05) is 0 Å². The summed E-state index contributed by atoms with van der Waals surface area (Å²) in [5, 5.41) is 13.4. The van der Waals surface area contributed by atoms with Gasteiger partial charge in [0.05, 0.1) is 12.3 Å². The van der Waals surface area contributed by atoms with Crippen molar-refractivity contribution in [2.24, 2.45) is 0 Å². The zero-order chi connectivity index (χ0) is 8.43. The second kappa shape index (κ2) is 3.05. The SMILES string of the molecule is CCn1ncc([C@@H](C)O)c1C. The Bertz CT molecular complexity index is 240. The maximum atomic E-state index is 9.26. The molecule has 0 unspecified atom stereocenters. The normalized spacial score (nSPS) is 13.5. The summed E-state index contributed by atoms with van der Waals surface area (Å²) < 4.78 is 1.88. The molecule has 0 radical (unpaired) electrons. The summed E-state index contributed by atoms with van der Waals surface area (Å²) in [7, 11) is 0. The van der Waals surface area contributed by atoms with Crippen LogP contribution in [0.4, 0.5) is 0 Å². The molecule has 1 N–H and O–H groups in total. The molecule has 0 amide bonds. The molecular weight excluding hydrogens is 140 g/mol. The van der Waals surface area contributed by atoms with Gasteiger partial charge in [0.25, 0.3) is 0 Å². The molecule has 1 heterocycles. The molecule has 11 heavy (non-hydrogen) atoms. The number of aromatic nitrogens is 2. The van der Waals surface area contributed by atoms with Gasteiger partial charge >= 0.3 is 0 Å². The molecule has 1 atom stereocenters. The van der Waals surface area contributed by atoms with E-state index < -0.39 is 6.10 Å². The Morgan fingerprint density at radius 1 is 1.73 bits per heavy atom. The Kier molecular flexibility index (Phi) is 2.29. The minimum Gasteiger partial charge on any atom is -0.389 e. The van der Waals surface area contributed by atoms with Gasteiger partial charge in [0.2, 0.25) is 0 Å². The second-order valence-corrected chi connectivity index (χ2v) is 2.68. The molecule has 3 nitrogen and oxygen atoms in total. The fourth-order valence-electron chi connectivity index (χ4n) is 1.19. The van der Waals surface area contributed by atoms with Crippen LogP contribution in [0.2, 0.25) is 0 Å². The highest BCUT2D eigenvalue weighted by Gasteiger charge is 2.08. The lowest BCUT2D eigenvalue weighted by molar-refractivity contribution is 0.198. The Hall–Kier alpha value is -0.830. The van der Waals surface area contributed by atoms with Crippen LogP contribution in [-0.4, -0.2) is 14.9 Å². The number of rotatable bonds is 2. The smallest absolute Gasteiger partial charge is 0.0795 e. The minimum absolute atomic E-state index is 0.407. The highest BCUT2D eigenvalue weighted by molar-refractivity contribution is 5.18. The molecule has 0 aliphatic carbocycles. The third kappa shape index (κ3) is 1.43. The van der Waals surface area contributed by atoms with Gasteiger partial charge in [-0.25, -0.2) is 0 Å². The van der Waals surface area contributed by atoms with E-state index in [1.54, 1.807) is 13.1 Å². The summed E-state index contributed by atoms with van der Waals surface area (Å²) in [5.41, 5.74) is 1.98. The minimum atomic E-state index is -0.407. The third-order valence-electron chi connectivity index (χ3n) is 1.89. The van der Waals surface area contributed by atoms with Crippen molar-refractivity contribution in [3.63, 3.8) is 0 Å². The third-order valence-corrected chi connectivity index (χ3v) is 1.89. The van der Waals surface area contributed by atoms with Crippen LogP contribution in [0.25, 0.3) is 0 Å². The van der Waals surface area contributed by atoms with Crippen molar-refractivity contribution in [3.8, 4) is 0 Å². The van der Waals surface area contributed by atoms with Crippen LogP contribution in [0.15, 0.2) is 6.20 Å². The topological polar surface area (TPSA) is 38.0 Å². The molecule has 0 spiro atoms. The zero-order valence-corrected chi connectivity index (χ0v) is 7.20. The summed E-state index contributed by atoms with van der Waals surface area (Å²) in [6, 6.07) is 0. The number of aliphatic hydroxyl groups excluding tert-OH is 1. The van der Waals surface area contributed by atoms with Gasteiger partial charge in [0.1, 0.15) is 0 Å². The Morgan fingerprint density at radius 2 is 2.36 bits per heavy atom. The summed E-state index contributed by atoms with van der Waals surface area (Å²) >= 11 is 0. The lowest BCUT2D eigenvalue weighted by Crippen LogP contribution is -2.00. The predicted molar refractivity (Wildman–Crippen MR) is 43.3 cm³/mol. The number of aryl methyl sites for hydroxylation is 1. The Labute approximate surface area is 66.7 Å². The van der Waals surface area contributed by atoms with Gasteiger partial charge in [-0.05, 0) is 20.8 Å². The predicted octanol–water partition coefficient (Wildman–Crippen LogP) is 1.26. The molecule has 1 aromatic rings. The highest BCUT2D eigenvalue weighted by Crippen LogP contribution is 2.15. The van der Waals surface area contributed by atoms with E-state index in [1.807, 2.05) is 18.5 Å². The van der Waals surface area contributed by atoms with Crippen molar-refractivity contribution in [1.82, 2.24) is 9.78 Å². The van der Waals surface area contributed by atoms with Crippen molar-refractivity contribution >= 4 is 0 Å². The van der Waals surface area contributed by atoms with E-state index in [0.29, 0.717) is 0 Å². The van der Waals surface area contributed by atoms with Crippen molar-refractivity contribution in [1.29, 1.82) is 0 Å². The van der Waals surface area contributed by atoms with Gasteiger partial charge in [0.15, 0.2) is 0 Å². The number of aliphatic hydroxyl groups is 1. The van der Waals surface area contributed by atoms with Crippen LogP contribution in [0.3, 0.4) is 0 Å². The van der Waals surface area contributed by atoms with Gasteiger partial charge in [0, 0.05) is 17.8 Å². The number of nitrogens with zero attached hydrogens (tertiary/aromatic N) is 2. The first-order valence-electron chi connectivity index (χ1n) is 3.87. The summed E-state index contributed by atoms with van der Waals surface area (Å²) in [4.78, 5) is 0. The highest BCUT2D eigenvalue weighted by atomic mass is 16.3. The first-order chi connectivity index (χ1) is 5.16. The molecule has 0 fully saturated rings. The molecule has 1 rings (SSSR count). The molecule has 0 aliphatic heterocycles. The van der Waals surface area contributed by atoms with Crippen LogP contribution in [0.1, 0.15) is 31.2 Å². The summed E-state index contributed by atoms with van der Waals surface area (Å²) in [6.45, 7) is 6.62. The fourth-order valence-corrected chi connectivity index (χ4v) is 1.19. The van der Waals surface area contributed by atoms with E-state index in [1.165, 1.54) is 0 Å². The fraction of sp³-hybridized carbons (Fsp3) is 0.625. The van der Waals surface area contributed by atoms with Crippen LogP contribution in [0, 0.1) is 6.92 Å². The summed E-state index contributed by atoms with van der Waals surface area (Å²) in [5.74, 6) is 0. The first kappa shape index (κ1) is 8.27. The van der Waals surface area contributed by atoms with Crippen molar-refractivity contribution < 1.29 is 5.11 Å². The monoisotopic (exact) mass is 154 g/mol. The van der Waals surface area contributed by atoms with Crippen LogP contribution in [0.5, 0.6) is 0 Å². The molecule has 0 aliphatic rings. The average Bonchev–Trinajstić information content (AvgIpc) is 2.30.